The third-order valence-electron chi connectivity index (χ3n) is 3.76. The summed E-state index contributed by atoms with van der Waals surface area (Å²) in [6.07, 6.45) is 4.85. The maximum absolute atomic E-state index is 13.1. The van der Waals surface area contributed by atoms with Gasteiger partial charge in [0.1, 0.15) is 0 Å². The summed E-state index contributed by atoms with van der Waals surface area (Å²) >= 11 is 0. The summed E-state index contributed by atoms with van der Waals surface area (Å²) in [4.78, 5) is 12.1. The van der Waals surface area contributed by atoms with Crippen LogP contribution < -0.4 is 11.1 Å². The van der Waals surface area contributed by atoms with Gasteiger partial charge in [0.2, 0.25) is 0 Å². The van der Waals surface area contributed by atoms with Gasteiger partial charge >= 0.3 is 0 Å². The fourth-order valence-electron chi connectivity index (χ4n) is 2.56. The van der Waals surface area contributed by atoms with Crippen molar-refractivity contribution in [2.75, 3.05) is 6.54 Å². The zero-order valence-corrected chi connectivity index (χ0v) is 10.7. The highest BCUT2D eigenvalue weighted by Crippen LogP contribution is 2.27. The van der Waals surface area contributed by atoms with Crippen LogP contribution in [0.1, 0.15) is 42.5 Å². The summed E-state index contributed by atoms with van der Waals surface area (Å²) in [5, 5.41) is 2.89. The molecule has 1 fully saturated rings. The number of benzene rings is 1. The molecule has 5 heteroatoms. The molecule has 0 aliphatic heterocycles. The molecule has 0 heterocycles. The minimum absolute atomic E-state index is 0.122. The van der Waals surface area contributed by atoms with Crippen LogP contribution >= 0.6 is 0 Å². The van der Waals surface area contributed by atoms with Crippen LogP contribution in [0.2, 0.25) is 0 Å². The maximum atomic E-state index is 13.1. The van der Waals surface area contributed by atoms with Crippen molar-refractivity contribution in [2.45, 2.75) is 37.6 Å². The van der Waals surface area contributed by atoms with Crippen LogP contribution in [-0.2, 0) is 0 Å². The van der Waals surface area contributed by atoms with E-state index in [1.807, 2.05) is 0 Å². The van der Waals surface area contributed by atoms with Crippen molar-refractivity contribution in [1.29, 1.82) is 0 Å². The second kappa shape index (κ2) is 5.65. The number of nitrogens with one attached hydrogen (secondary N) is 1. The first-order valence-corrected chi connectivity index (χ1v) is 6.54. The summed E-state index contributed by atoms with van der Waals surface area (Å²) in [5.41, 5.74) is 5.49. The summed E-state index contributed by atoms with van der Waals surface area (Å²) in [6, 6.07) is 3.15. The molecule has 1 aliphatic carbocycles. The van der Waals surface area contributed by atoms with E-state index in [1.165, 1.54) is 6.07 Å². The lowest BCUT2D eigenvalue weighted by atomic mass is 9.81. The standard InChI is InChI=1S/C14H18F2N2O/c15-11-5-4-10(8-12(11)16)13(19)18-14(9-17)6-2-1-3-7-14/h4-5,8H,1-3,6-7,9,17H2,(H,18,19). The molecule has 2 rings (SSSR count). The molecule has 104 valence electrons. The quantitative estimate of drug-likeness (QED) is 0.884. The number of halogens is 2. The minimum Gasteiger partial charge on any atom is -0.345 e. The molecular weight excluding hydrogens is 250 g/mol. The van der Waals surface area contributed by atoms with Crippen LogP contribution in [0, 0.1) is 11.6 Å². The highest BCUT2D eigenvalue weighted by Gasteiger charge is 2.32. The zero-order chi connectivity index (χ0) is 13.9. The second-order valence-corrected chi connectivity index (χ2v) is 5.13. The fourth-order valence-corrected chi connectivity index (χ4v) is 2.56. The highest BCUT2D eigenvalue weighted by atomic mass is 19.2. The predicted octanol–water partition coefficient (Wildman–Crippen LogP) is 2.36. The van der Waals surface area contributed by atoms with E-state index >= 15 is 0 Å². The molecule has 1 aromatic rings. The van der Waals surface area contributed by atoms with Crippen molar-refractivity contribution in [3.05, 3.63) is 35.4 Å². The molecule has 0 spiro atoms. The van der Waals surface area contributed by atoms with Crippen LogP contribution in [-0.4, -0.2) is 18.0 Å². The Hall–Kier alpha value is -1.49. The first-order chi connectivity index (χ1) is 9.06. The number of hydrogen-bond acceptors (Lipinski definition) is 2. The summed E-state index contributed by atoms with van der Waals surface area (Å²) in [5.74, 6) is -2.37. The summed E-state index contributed by atoms with van der Waals surface area (Å²) < 4.78 is 26.0. The number of carbonyl (C=O) groups excluding carboxylic acids is 1. The van der Waals surface area contributed by atoms with E-state index in [2.05, 4.69) is 5.32 Å². The van der Waals surface area contributed by atoms with E-state index in [0.717, 1.165) is 44.2 Å². The van der Waals surface area contributed by atoms with E-state index in [0.29, 0.717) is 6.54 Å². The number of hydrogen-bond donors (Lipinski definition) is 2. The Kier molecular flexibility index (Phi) is 4.14. The number of nitrogens with two attached hydrogens (primary N) is 1. The van der Waals surface area contributed by atoms with Gasteiger partial charge in [-0.15, -0.1) is 0 Å². The van der Waals surface area contributed by atoms with Crippen LogP contribution in [0.5, 0.6) is 0 Å². The monoisotopic (exact) mass is 268 g/mol. The first kappa shape index (κ1) is 13.9. The average molecular weight is 268 g/mol. The van der Waals surface area contributed by atoms with E-state index in [9.17, 15) is 13.6 Å². The smallest absolute Gasteiger partial charge is 0.251 e. The molecule has 1 aromatic carbocycles. The van der Waals surface area contributed by atoms with Crippen molar-refractivity contribution in [3.8, 4) is 0 Å². The molecule has 1 saturated carbocycles. The molecule has 3 N–H and O–H groups in total. The second-order valence-electron chi connectivity index (χ2n) is 5.13. The molecule has 0 radical (unpaired) electrons. The number of carbonyl (C=O) groups is 1. The van der Waals surface area contributed by atoms with E-state index < -0.39 is 23.1 Å². The van der Waals surface area contributed by atoms with Gasteiger partial charge < -0.3 is 11.1 Å². The Labute approximate surface area is 111 Å². The fraction of sp³-hybridized carbons (Fsp3) is 0.500. The third-order valence-corrected chi connectivity index (χ3v) is 3.76. The third kappa shape index (κ3) is 3.10. The molecule has 0 bridgehead atoms. The zero-order valence-electron chi connectivity index (χ0n) is 10.7. The minimum atomic E-state index is -1.02. The van der Waals surface area contributed by atoms with Crippen molar-refractivity contribution < 1.29 is 13.6 Å². The van der Waals surface area contributed by atoms with Crippen molar-refractivity contribution >= 4 is 5.91 Å². The number of rotatable bonds is 3. The van der Waals surface area contributed by atoms with Gasteiger partial charge in [-0.2, -0.15) is 0 Å². The molecule has 0 atom stereocenters. The Morgan fingerprint density at radius 2 is 1.89 bits per heavy atom. The molecule has 0 saturated heterocycles. The normalized spacial score (nSPS) is 18.1. The van der Waals surface area contributed by atoms with Gasteiger partial charge in [-0.3, -0.25) is 4.79 Å². The van der Waals surface area contributed by atoms with Crippen molar-refractivity contribution in [1.82, 2.24) is 5.32 Å². The molecule has 0 aromatic heterocycles. The SMILES string of the molecule is NCC1(NC(=O)c2ccc(F)c(F)c2)CCCCC1. The summed E-state index contributed by atoms with van der Waals surface area (Å²) in [7, 11) is 0. The predicted molar refractivity (Wildman–Crippen MR) is 68.7 cm³/mol. The molecule has 1 aliphatic rings. The average Bonchev–Trinajstić information content (AvgIpc) is 2.43. The van der Waals surface area contributed by atoms with E-state index in [1.54, 1.807) is 0 Å². The van der Waals surface area contributed by atoms with Gasteiger partial charge in [0.25, 0.3) is 5.91 Å². The Balaban J connectivity index is 2.12. The van der Waals surface area contributed by atoms with E-state index in [4.69, 9.17) is 5.73 Å². The van der Waals surface area contributed by atoms with E-state index in [-0.39, 0.29) is 5.56 Å². The van der Waals surface area contributed by atoms with Gasteiger partial charge in [0.05, 0.1) is 5.54 Å². The van der Waals surface area contributed by atoms with Gasteiger partial charge in [0.15, 0.2) is 11.6 Å². The lowest BCUT2D eigenvalue weighted by Gasteiger charge is -2.37. The Morgan fingerprint density at radius 3 is 2.47 bits per heavy atom. The molecule has 19 heavy (non-hydrogen) atoms. The molecule has 1 amide bonds. The first-order valence-electron chi connectivity index (χ1n) is 6.54. The topological polar surface area (TPSA) is 55.1 Å². The lowest BCUT2D eigenvalue weighted by Crippen LogP contribution is -2.54. The van der Waals surface area contributed by atoms with Gasteiger partial charge in [-0.25, -0.2) is 8.78 Å². The molecule has 3 nitrogen and oxygen atoms in total. The number of amides is 1. The Morgan fingerprint density at radius 1 is 1.21 bits per heavy atom. The van der Waals surface area contributed by atoms with Crippen LogP contribution in [0.4, 0.5) is 8.78 Å². The van der Waals surface area contributed by atoms with Gasteiger partial charge in [-0.1, -0.05) is 19.3 Å². The summed E-state index contributed by atoms with van der Waals surface area (Å²) in [6.45, 7) is 0.364. The van der Waals surface area contributed by atoms with Crippen molar-refractivity contribution in [2.24, 2.45) is 5.73 Å². The Bertz CT molecular complexity index is 471. The van der Waals surface area contributed by atoms with Crippen molar-refractivity contribution in [3.63, 3.8) is 0 Å². The largest absolute Gasteiger partial charge is 0.345 e. The van der Waals surface area contributed by atoms with Crippen LogP contribution in [0.15, 0.2) is 18.2 Å². The lowest BCUT2D eigenvalue weighted by molar-refractivity contribution is 0.0874. The maximum Gasteiger partial charge on any atom is 0.251 e. The van der Waals surface area contributed by atoms with Gasteiger partial charge in [0, 0.05) is 12.1 Å². The van der Waals surface area contributed by atoms with Gasteiger partial charge in [-0.05, 0) is 31.0 Å². The highest BCUT2D eigenvalue weighted by molar-refractivity contribution is 5.94. The van der Waals surface area contributed by atoms with Crippen LogP contribution in [0.3, 0.4) is 0 Å². The molecular formula is C14H18F2N2O. The molecule has 0 unspecified atom stereocenters. The van der Waals surface area contributed by atoms with Crippen LogP contribution in [0.25, 0.3) is 0 Å².